The van der Waals surface area contributed by atoms with Crippen LogP contribution in [-0.2, 0) is 0 Å². The molecule has 0 unspecified atom stereocenters. The number of carbonyl (C=O) groups is 1. The fraction of sp³-hybridized carbons (Fsp3) is 0. The summed E-state index contributed by atoms with van der Waals surface area (Å²) >= 11 is 1.00. The molecule has 0 aliphatic rings. The van der Waals surface area contributed by atoms with Crippen molar-refractivity contribution >= 4 is 23.7 Å². The van der Waals surface area contributed by atoms with Gasteiger partial charge in [0, 0.05) is 17.0 Å². The molecule has 0 spiro atoms. The molecule has 15 heavy (non-hydrogen) atoms. The summed E-state index contributed by atoms with van der Waals surface area (Å²) in [5.74, 6) is 0. The predicted octanol–water partition coefficient (Wildman–Crippen LogP) is -1.61. The molecule has 3 N–H and O–H groups in total. The SMILES string of the molecule is NC(=O)NSc1ccc([N+](=O)[O-])cc1.[H-].[Na+]. The fourth-order valence-corrected chi connectivity index (χ4v) is 1.24. The molecule has 0 heterocycles. The number of rotatable bonds is 3. The molecule has 0 aromatic heterocycles. The second-order valence-corrected chi connectivity index (χ2v) is 3.20. The number of hydrogen-bond acceptors (Lipinski definition) is 4. The first kappa shape index (κ1) is 14.2. The third kappa shape index (κ3) is 5.03. The molecule has 0 radical (unpaired) electrons. The van der Waals surface area contributed by atoms with Crippen LogP contribution in [0.1, 0.15) is 1.43 Å². The maximum Gasteiger partial charge on any atom is 1.00 e. The first-order valence-corrected chi connectivity index (χ1v) is 4.38. The molecule has 1 aromatic rings. The van der Waals surface area contributed by atoms with Crippen molar-refractivity contribution in [2.24, 2.45) is 5.73 Å². The van der Waals surface area contributed by atoms with Crippen molar-refractivity contribution in [2.45, 2.75) is 4.90 Å². The zero-order valence-electron chi connectivity index (χ0n) is 8.97. The van der Waals surface area contributed by atoms with Crippen LogP contribution < -0.4 is 40.0 Å². The number of benzene rings is 1. The van der Waals surface area contributed by atoms with E-state index in [1.807, 2.05) is 0 Å². The Morgan fingerprint density at radius 2 is 2.00 bits per heavy atom. The van der Waals surface area contributed by atoms with E-state index < -0.39 is 11.0 Å². The summed E-state index contributed by atoms with van der Waals surface area (Å²) in [4.78, 5) is 20.8. The smallest absolute Gasteiger partial charge is 1.00 e. The van der Waals surface area contributed by atoms with Crippen molar-refractivity contribution < 1.29 is 40.7 Å². The largest absolute Gasteiger partial charge is 1.00 e. The van der Waals surface area contributed by atoms with Crippen LogP contribution in [0.4, 0.5) is 10.5 Å². The Kier molecular flexibility index (Phi) is 6.34. The number of nitrogens with two attached hydrogens (primary N) is 1. The Morgan fingerprint density at radius 3 is 2.40 bits per heavy atom. The zero-order valence-corrected chi connectivity index (χ0v) is 10.8. The molecule has 0 bridgehead atoms. The summed E-state index contributed by atoms with van der Waals surface area (Å²) in [6.45, 7) is 0. The van der Waals surface area contributed by atoms with Gasteiger partial charge in [-0.2, -0.15) is 0 Å². The molecule has 1 rings (SSSR count). The van der Waals surface area contributed by atoms with Gasteiger partial charge >= 0.3 is 35.6 Å². The summed E-state index contributed by atoms with van der Waals surface area (Å²) in [5.41, 5.74) is 4.85. The molecule has 8 heteroatoms. The number of primary amides is 1. The molecule has 6 nitrogen and oxygen atoms in total. The molecule has 0 fully saturated rings. The molecule has 0 aliphatic heterocycles. The molecular formula is C7H8N3NaO3S. The summed E-state index contributed by atoms with van der Waals surface area (Å²) in [5, 5.41) is 10.3. The van der Waals surface area contributed by atoms with Crippen molar-refractivity contribution in [1.82, 2.24) is 4.72 Å². The van der Waals surface area contributed by atoms with Crippen LogP contribution in [0.5, 0.6) is 0 Å². The van der Waals surface area contributed by atoms with E-state index in [1.165, 1.54) is 24.3 Å². The summed E-state index contributed by atoms with van der Waals surface area (Å²) in [6, 6.07) is 5.10. The summed E-state index contributed by atoms with van der Waals surface area (Å²) in [7, 11) is 0. The van der Waals surface area contributed by atoms with E-state index in [0.29, 0.717) is 4.90 Å². The fourth-order valence-electron chi connectivity index (χ4n) is 0.745. The van der Waals surface area contributed by atoms with Crippen LogP contribution in [0.3, 0.4) is 0 Å². The van der Waals surface area contributed by atoms with Gasteiger partial charge in [-0.1, -0.05) is 0 Å². The molecule has 1 aromatic carbocycles. The topological polar surface area (TPSA) is 98.3 Å². The Morgan fingerprint density at radius 1 is 1.47 bits per heavy atom. The Balaban J connectivity index is 0. The van der Waals surface area contributed by atoms with Crippen LogP contribution in [0.25, 0.3) is 0 Å². The monoisotopic (exact) mass is 237 g/mol. The normalized spacial score (nSPS) is 8.80. The van der Waals surface area contributed by atoms with Crippen molar-refractivity contribution in [3.05, 3.63) is 34.4 Å². The second-order valence-electron chi connectivity index (χ2n) is 2.32. The van der Waals surface area contributed by atoms with Crippen molar-refractivity contribution in [3.63, 3.8) is 0 Å². The quantitative estimate of drug-likeness (QED) is 0.286. The van der Waals surface area contributed by atoms with E-state index in [-0.39, 0.29) is 36.7 Å². The first-order valence-electron chi connectivity index (χ1n) is 3.56. The first-order chi connectivity index (χ1) is 6.59. The molecule has 0 aliphatic carbocycles. The van der Waals surface area contributed by atoms with Crippen molar-refractivity contribution in [1.29, 1.82) is 0 Å². The number of nitro benzene ring substituents is 1. The minimum atomic E-state index is -0.659. The molecule has 76 valence electrons. The number of nitro groups is 1. The number of non-ortho nitro benzene ring substituents is 1. The molecule has 0 saturated heterocycles. The van der Waals surface area contributed by atoms with Gasteiger partial charge in [0.05, 0.1) is 4.92 Å². The molecular weight excluding hydrogens is 229 g/mol. The average molecular weight is 237 g/mol. The van der Waals surface area contributed by atoms with Gasteiger partial charge < -0.3 is 7.16 Å². The van der Waals surface area contributed by atoms with Gasteiger partial charge in [0.25, 0.3) is 5.69 Å². The summed E-state index contributed by atoms with van der Waals surface area (Å²) in [6.07, 6.45) is 0. The van der Waals surface area contributed by atoms with Gasteiger partial charge in [-0.25, -0.2) is 4.79 Å². The van der Waals surface area contributed by atoms with E-state index in [2.05, 4.69) is 4.72 Å². The van der Waals surface area contributed by atoms with Crippen molar-refractivity contribution in [3.8, 4) is 0 Å². The van der Waals surface area contributed by atoms with E-state index >= 15 is 0 Å². The van der Waals surface area contributed by atoms with E-state index in [4.69, 9.17) is 5.73 Å². The van der Waals surface area contributed by atoms with Crippen LogP contribution in [-0.4, -0.2) is 11.0 Å². The average Bonchev–Trinajstić information content (AvgIpc) is 2.15. The van der Waals surface area contributed by atoms with Crippen LogP contribution in [0.15, 0.2) is 29.2 Å². The summed E-state index contributed by atoms with van der Waals surface area (Å²) < 4.78 is 2.30. The van der Waals surface area contributed by atoms with E-state index in [9.17, 15) is 14.9 Å². The van der Waals surface area contributed by atoms with Gasteiger partial charge in [0.1, 0.15) is 0 Å². The maximum atomic E-state index is 10.3. The van der Waals surface area contributed by atoms with E-state index in [1.54, 1.807) is 0 Å². The number of hydrogen-bond donors (Lipinski definition) is 2. The van der Waals surface area contributed by atoms with E-state index in [0.717, 1.165) is 11.9 Å². The number of amides is 2. The minimum Gasteiger partial charge on any atom is -1.00 e. The second kappa shape index (κ2) is 6.67. The standard InChI is InChI=1S/C7H7N3O3S.Na.H/c8-7(11)9-14-6-3-1-5(2-4-6)10(12)13;;/h1-4H,(H3,8,9,11);;/q;+1;-1. The number of carbonyl (C=O) groups excluding carboxylic acids is 1. The van der Waals surface area contributed by atoms with Crippen LogP contribution in [0.2, 0.25) is 0 Å². The Hall–Kier alpha value is -0.760. The zero-order chi connectivity index (χ0) is 10.6. The molecule has 2 amide bonds. The van der Waals surface area contributed by atoms with Crippen LogP contribution >= 0.6 is 11.9 Å². The number of nitrogens with one attached hydrogen (secondary N) is 1. The molecule has 0 atom stereocenters. The maximum absolute atomic E-state index is 10.3. The molecule has 0 saturated carbocycles. The van der Waals surface area contributed by atoms with Gasteiger partial charge in [-0.05, 0) is 24.1 Å². The Labute approximate surface area is 114 Å². The third-order valence-corrected chi connectivity index (χ3v) is 2.13. The van der Waals surface area contributed by atoms with Gasteiger partial charge in [-0.15, -0.1) is 0 Å². The van der Waals surface area contributed by atoms with Gasteiger partial charge in [0.15, 0.2) is 0 Å². The van der Waals surface area contributed by atoms with Gasteiger partial charge in [-0.3, -0.25) is 14.8 Å². The predicted molar refractivity (Wildman–Crippen MR) is 52.8 cm³/mol. The minimum absolute atomic E-state index is 0. The van der Waals surface area contributed by atoms with Crippen LogP contribution in [0, 0.1) is 10.1 Å². The third-order valence-electron chi connectivity index (χ3n) is 1.32. The Bertz CT molecular complexity index is 362. The number of urea groups is 1. The van der Waals surface area contributed by atoms with Gasteiger partial charge in [0.2, 0.25) is 0 Å². The number of nitrogens with zero attached hydrogens (tertiary/aromatic N) is 1. The van der Waals surface area contributed by atoms with Crippen molar-refractivity contribution in [2.75, 3.05) is 0 Å².